The SMILES string of the molecule is CCC(C)(CO)NC(=O)c1c(O)cccc1F. The quantitative estimate of drug-likeness (QED) is 0.746. The number of phenolic OH excluding ortho intramolecular Hbond substituents is 1. The summed E-state index contributed by atoms with van der Waals surface area (Å²) in [5.74, 6) is -1.95. The van der Waals surface area contributed by atoms with Gasteiger partial charge in [0.2, 0.25) is 0 Å². The van der Waals surface area contributed by atoms with Crippen LogP contribution in [0.3, 0.4) is 0 Å². The van der Waals surface area contributed by atoms with E-state index < -0.39 is 28.6 Å². The number of carbonyl (C=O) groups is 1. The molecule has 1 aromatic carbocycles. The van der Waals surface area contributed by atoms with Gasteiger partial charge in [-0.05, 0) is 25.5 Å². The Bertz CT molecular complexity index is 396. The van der Waals surface area contributed by atoms with Gasteiger partial charge in [-0.3, -0.25) is 4.79 Å². The molecule has 17 heavy (non-hydrogen) atoms. The van der Waals surface area contributed by atoms with Gasteiger partial charge in [0, 0.05) is 0 Å². The molecule has 1 aromatic rings. The molecule has 0 aliphatic heterocycles. The number of phenols is 1. The molecule has 0 heterocycles. The van der Waals surface area contributed by atoms with Gasteiger partial charge in [-0.1, -0.05) is 13.0 Å². The summed E-state index contributed by atoms with van der Waals surface area (Å²) < 4.78 is 13.4. The monoisotopic (exact) mass is 241 g/mol. The van der Waals surface area contributed by atoms with E-state index >= 15 is 0 Å². The summed E-state index contributed by atoms with van der Waals surface area (Å²) >= 11 is 0. The summed E-state index contributed by atoms with van der Waals surface area (Å²) in [5.41, 5.74) is -1.23. The van der Waals surface area contributed by atoms with Crippen LogP contribution in [0.2, 0.25) is 0 Å². The molecular formula is C12H16FNO3. The van der Waals surface area contributed by atoms with Crippen molar-refractivity contribution in [2.24, 2.45) is 0 Å². The predicted octanol–water partition coefficient (Wildman–Crippen LogP) is 1.42. The second-order valence-corrected chi connectivity index (χ2v) is 4.16. The summed E-state index contributed by atoms with van der Waals surface area (Å²) in [4.78, 5) is 11.8. The average molecular weight is 241 g/mol. The summed E-state index contributed by atoms with van der Waals surface area (Å²) in [6, 6.07) is 3.64. The zero-order valence-electron chi connectivity index (χ0n) is 9.83. The van der Waals surface area contributed by atoms with Crippen molar-refractivity contribution in [1.29, 1.82) is 0 Å². The number of aliphatic hydroxyl groups excluding tert-OH is 1. The summed E-state index contributed by atoms with van der Waals surface area (Å²) in [5, 5.41) is 21.1. The number of hydrogen-bond donors (Lipinski definition) is 3. The van der Waals surface area contributed by atoms with E-state index in [4.69, 9.17) is 5.11 Å². The molecule has 1 rings (SSSR count). The minimum absolute atomic E-state index is 0.259. The van der Waals surface area contributed by atoms with Crippen molar-refractivity contribution < 1.29 is 19.4 Å². The van der Waals surface area contributed by atoms with E-state index in [0.29, 0.717) is 6.42 Å². The number of hydrogen-bond acceptors (Lipinski definition) is 3. The van der Waals surface area contributed by atoms with Crippen LogP contribution in [0.5, 0.6) is 5.75 Å². The Hall–Kier alpha value is -1.62. The third-order valence-corrected chi connectivity index (χ3v) is 2.76. The zero-order valence-corrected chi connectivity index (χ0v) is 9.83. The van der Waals surface area contributed by atoms with Crippen molar-refractivity contribution in [3.05, 3.63) is 29.6 Å². The van der Waals surface area contributed by atoms with E-state index in [9.17, 15) is 14.3 Å². The maximum atomic E-state index is 13.4. The Labute approximate surface area is 99.1 Å². The number of amides is 1. The molecular weight excluding hydrogens is 225 g/mol. The molecule has 0 saturated heterocycles. The Kier molecular flexibility index (Phi) is 4.07. The lowest BCUT2D eigenvalue weighted by Crippen LogP contribution is -2.48. The first-order valence-electron chi connectivity index (χ1n) is 5.34. The minimum atomic E-state index is -0.828. The fourth-order valence-electron chi connectivity index (χ4n) is 1.31. The minimum Gasteiger partial charge on any atom is -0.507 e. The highest BCUT2D eigenvalue weighted by atomic mass is 19.1. The number of benzene rings is 1. The summed E-state index contributed by atoms with van der Waals surface area (Å²) in [7, 11) is 0. The topological polar surface area (TPSA) is 69.6 Å². The van der Waals surface area contributed by atoms with E-state index in [0.717, 1.165) is 6.07 Å². The summed E-state index contributed by atoms with van der Waals surface area (Å²) in [6.07, 6.45) is 0.491. The van der Waals surface area contributed by atoms with Crippen molar-refractivity contribution in [2.75, 3.05) is 6.61 Å². The highest BCUT2D eigenvalue weighted by Gasteiger charge is 2.26. The number of rotatable bonds is 4. The van der Waals surface area contributed by atoms with Gasteiger partial charge in [-0.2, -0.15) is 0 Å². The van der Waals surface area contributed by atoms with Crippen LogP contribution in [0.15, 0.2) is 18.2 Å². The molecule has 5 heteroatoms. The Morgan fingerprint density at radius 2 is 2.18 bits per heavy atom. The molecule has 1 unspecified atom stereocenters. The van der Waals surface area contributed by atoms with Gasteiger partial charge in [0.1, 0.15) is 17.1 Å². The first kappa shape index (κ1) is 13.4. The first-order valence-corrected chi connectivity index (χ1v) is 5.34. The van der Waals surface area contributed by atoms with Gasteiger partial charge in [-0.15, -0.1) is 0 Å². The van der Waals surface area contributed by atoms with Crippen LogP contribution in [0.4, 0.5) is 4.39 Å². The lowest BCUT2D eigenvalue weighted by Gasteiger charge is -2.27. The van der Waals surface area contributed by atoms with Crippen molar-refractivity contribution in [2.45, 2.75) is 25.8 Å². The van der Waals surface area contributed by atoms with Crippen LogP contribution < -0.4 is 5.32 Å². The fraction of sp³-hybridized carbons (Fsp3) is 0.417. The molecule has 0 bridgehead atoms. The van der Waals surface area contributed by atoms with Crippen LogP contribution in [0, 0.1) is 5.82 Å². The molecule has 0 spiro atoms. The molecule has 3 N–H and O–H groups in total. The molecule has 4 nitrogen and oxygen atoms in total. The number of nitrogens with one attached hydrogen (secondary N) is 1. The molecule has 0 radical (unpaired) electrons. The van der Waals surface area contributed by atoms with E-state index in [-0.39, 0.29) is 6.61 Å². The molecule has 0 fully saturated rings. The Morgan fingerprint density at radius 1 is 1.53 bits per heavy atom. The van der Waals surface area contributed by atoms with Gasteiger partial charge in [0.15, 0.2) is 0 Å². The van der Waals surface area contributed by atoms with Gasteiger partial charge >= 0.3 is 0 Å². The van der Waals surface area contributed by atoms with E-state index in [1.807, 2.05) is 0 Å². The lowest BCUT2D eigenvalue weighted by atomic mass is 9.99. The molecule has 1 amide bonds. The normalized spacial score (nSPS) is 14.1. The van der Waals surface area contributed by atoms with Crippen LogP contribution in [-0.4, -0.2) is 28.3 Å². The highest BCUT2D eigenvalue weighted by Crippen LogP contribution is 2.21. The second-order valence-electron chi connectivity index (χ2n) is 4.16. The summed E-state index contributed by atoms with van der Waals surface area (Å²) in [6.45, 7) is 3.17. The molecule has 0 aromatic heterocycles. The third-order valence-electron chi connectivity index (χ3n) is 2.76. The van der Waals surface area contributed by atoms with Gasteiger partial charge in [-0.25, -0.2) is 4.39 Å². The van der Waals surface area contributed by atoms with Crippen LogP contribution in [0.25, 0.3) is 0 Å². The molecule has 0 saturated carbocycles. The van der Waals surface area contributed by atoms with Crippen LogP contribution in [-0.2, 0) is 0 Å². The highest BCUT2D eigenvalue weighted by molar-refractivity contribution is 5.97. The number of aliphatic hydroxyl groups is 1. The number of aromatic hydroxyl groups is 1. The predicted molar refractivity (Wildman–Crippen MR) is 61.3 cm³/mol. The number of halogens is 1. The number of carbonyl (C=O) groups excluding carboxylic acids is 1. The van der Waals surface area contributed by atoms with Crippen molar-refractivity contribution >= 4 is 5.91 Å². The molecule has 94 valence electrons. The van der Waals surface area contributed by atoms with Crippen molar-refractivity contribution in [3.8, 4) is 5.75 Å². The maximum absolute atomic E-state index is 13.4. The van der Waals surface area contributed by atoms with Gasteiger partial charge in [0.25, 0.3) is 5.91 Å². The van der Waals surface area contributed by atoms with E-state index in [1.165, 1.54) is 12.1 Å². The van der Waals surface area contributed by atoms with Crippen molar-refractivity contribution in [1.82, 2.24) is 5.32 Å². The maximum Gasteiger partial charge on any atom is 0.258 e. The first-order chi connectivity index (χ1) is 7.93. The van der Waals surface area contributed by atoms with Crippen LogP contribution in [0.1, 0.15) is 30.6 Å². The molecule has 0 aliphatic carbocycles. The van der Waals surface area contributed by atoms with Crippen molar-refractivity contribution in [3.63, 3.8) is 0 Å². The fourth-order valence-corrected chi connectivity index (χ4v) is 1.31. The molecule has 1 atom stereocenters. The Morgan fingerprint density at radius 3 is 2.65 bits per heavy atom. The third kappa shape index (κ3) is 2.94. The van der Waals surface area contributed by atoms with Gasteiger partial charge in [0.05, 0.1) is 12.1 Å². The van der Waals surface area contributed by atoms with E-state index in [2.05, 4.69) is 5.32 Å². The van der Waals surface area contributed by atoms with E-state index in [1.54, 1.807) is 13.8 Å². The lowest BCUT2D eigenvalue weighted by molar-refractivity contribution is 0.0840. The largest absolute Gasteiger partial charge is 0.507 e. The second kappa shape index (κ2) is 5.14. The van der Waals surface area contributed by atoms with Crippen LogP contribution >= 0.6 is 0 Å². The smallest absolute Gasteiger partial charge is 0.258 e. The Balaban J connectivity index is 2.98. The standard InChI is InChI=1S/C12H16FNO3/c1-3-12(2,7-15)14-11(17)10-8(13)5-4-6-9(10)16/h4-6,15-16H,3,7H2,1-2H3,(H,14,17). The zero-order chi connectivity index (χ0) is 13.1. The average Bonchev–Trinajstić information content (AvgIpc) is 2.28. The molecule has 0 aliphatic rings. The van der Waals surface area contributed by atoms with Gasteiger partial charge < -0.3 is 15.5 Å².